The van der Waals surface area contributed by atoms with Crippen LogP contribution in [0.15, 0.2) is 24.4 Å². The molecule has 0 saturated carbocycles. The molecule has 3 rings (SSSR count). The Morgan fingerprint density at radius 3 is 2.80 bits per heavy atom. The van der Waals surface area contributed by atoms with Crippen molar-refractivity contribution in [1.29, 1.82) is 0 Å². The van der Waals surface area contributed by atoms with Gasteiger partial charge in [0.25, 0.3) is 0 Å². The standard InChI is InChI=1S/C13H16N6S/c1-8(2)11-15-13(20-18-11)14-9(3)12-17-16-10-6-4-5-7-19(10)12/h4-9H,1-3H3,(H,14,15,18). The van der Waals surface area contributed by atoms with Gasteiger partial charge in [0.15, 0.2) is 11.5 Å². The van der Waals surface area contributed by atoms with Crippen LogP contribution >= 0.6 is 11.5 Å². The molecule has 0 fully saturated rings. The maximum atomic E-state index is 4.48. The molecule has 0 bridgehead atoms. The number of fused-ring (bicyclic) bond motifs is 1. The van der Waals surface area contributed by atoms with Crippen molar-refractivity contribution in [3.05, 3.63) is 36.0 Å². The molecule has 6 nitrogen and oxygen atoms in total. The fraction of sp³-hybridized carbons (Fsp3) is 0.385. The van der Waals surface area contributed by atoms with Crippen molar-refractivity contribution in [1.82, 2.24) is 24.0 Å². The summed E-state index contributed by atoms with van der Waals surface area (Å²) in [4.78, 5) is 4.48. The van der Waals surface area contributed by atoms with Crippen LogP contribution in [-0.2, 0) is 0 Å². The maximum absolute atomic E-state index is 4.48. The summed E-state index contributed by atoms with van der Waals surface area (Å²) >= 11 is 1.38. The zero-order valence-electron chi connectivity index (χ0n) is 11.6. The number of anilines is 1. The van der Waals surface area contributed by atoms with Crippen molar-refractivity contribution in [2.75, 3.05) is 5.32 Å². The van der Waals surface area contributed by atoms with Crippen LogP contribution in [0, 0.1) is 0 Å². The first kappa shape index (κ1) is 13.0. The summed E-state index contributed by atoms with van der Waals surface area (Å²) in [6.45, 7) is 6.21. The van der Waals surface area contributed by atoms with Crippen molar-refractivity contribution in [3.8, 4) is 0 Å². The molecule has 1 N–H and O–H groups in total. The van der Waals surface area contributed by atoms with E-state index in [-0.39, 0.29) is 6.04 Å². The van der Waals surface area contributed by atoms with E-state index in [1.54, 1.807) is 0 Å². The molecule has 0 spiro atoms. The van der Waals surface area contributed by atoms with Crippen LogP contribution in [0.1, 0.15) is 44.4 Å². The van der Waals surface area contributed by atoms with Gasteiger partial charge in [-0.15, -0.1) is 10.2 Å². The molecular weight excluding hydrogens is 272 g/mol. The average molecular weight is 288 g/mol. The number of nitrogens with zero attached hydrogens (tertiary/aromatic N) is 5. The highest BCUT2D eigenvalue weighted by Crippen LogP contribution is 2.22. The molecule has 3 aromatic rings. The minimum Gasteiger partial charge on any atom is -0.351 e. The molecule has 1 atom stereocenters. The molecule has 3 heterocycles. The Bertz CT molecular complexity index is 716. The predicted octanol–water partition coefficient (Wildman–Crippen LogP) is 2.88. The molecule has 0 radical (unpaired) electrons. The van der Waals surface area contributed by atoms with Crippen molar-refractivity contribution < 1.29 is 0 Å². The Kier molecular flexibility index (Phi) is 3.35. The van der Waals surface area contributed by atoms with Gasteiger partial charge >= 0.3 is 0 Å². The first-order chi connectivity index (χ1) is 9.65. The average Bonchev–Trinajstić information content (AvgIpc) is 3.04. The van der Waals surface area contributed by atoms with Crippen LogP contribution in [0.25, 0.3) is 5.65 Å². The molecule has 0 saturated heterocycles. The lowest BCUT2D eigenvalue weighted by atomic mass is 10.2. The summed E-state index contributed by atoms with van der Waals surface area (Å²) < 4.78 is 6.31. The fourth-order valence-corrected chi connectivity index (χ4v) is 2.73. The number of hydrogen-bond acceptors (Lipinski definition) is 6. The van der Waals surface area contributed by atoms with Crippen molar-refractivity contribution >= 4 is 22.3 Å². The monoisotopic (exact) mass is 288 g/mol. The van der Waals surface area contributed by atoms with Crippen LogP contribution in [0.5, 0.6) is 0 Å². The fourth-order valence-electron chi connectivity index (χ4n) is 1.93. The number of nitrogens with one attached hydrogen (secondary N) is 1. The number of hydrogen-bond donors (Lipinski definition) is 1. The largest absolute Gasteiger partial charge is 0.351 e. The lowest BCUT2D eigenvalue weighted by Crippen LogP contribution is -2.10. The molecule has 0 amide bonds. The molecule has 104 valence electrons. The Balaban J connectivity index is 1.83. The third kappa shape index (κ3) is 2.36. The van der Waals surface area contributed by atoms with Crippen LogP contribution in [-0.4, -0.2) is 24.0 Å². The molecule has 0 aliphatic rings. The number of aromatic nitrogens is 5. The number of pyridine rings is 1. The smallest absolute Gasteiger partial charge is 0.203 e. The van der Waals surface area contributed by atoms with Gasteiger partial charge in [0.1, 0.15) is 5.82 Å². The topological polar surface area (TPSA) is 68.0 Å². The van der Waals surface area contributed by atoms with Gasteiger partial charge in [-0.25, -0.2) is 4.98 Å². The van der Waals surface area contributed by atoms with E-state index in [9.17, 15) is 0 Å². The van der Waals surface area contributed by atoms with Gasteiger partial charge < -0.3 is 5.32 Å². The first-order valence-corrected chi connectivity index (χ1v) is 7.32. The van der Waals surface area contributed by atoms with Gasteiger partial charge in [0.05, 0.1) is 6.04 Å². The molecule has 0 aliphatic heterocycles. The molecule has 1 unspecified atom stereocenters. The van der Waals surface area contributed by atoms with Gasteiger partial charge in [-0.05, 0) is 19.1 Å². The zero-order valence-corrected chi connectivity index (χ0v) is 12.4. The van der Waals surface area contributed by atoms with Crippen LogP contribution in [0.4, 0.5) is 5.13 Å². The highest BCUT2D eigenvalue weighted by atomic mass is 32.1. The predicted molar refractivity (Wildman–Crippen MR) is 79.0 cm³/mol. The normalized spacial score (nSPS) is 13.0. The Hall–Kier alpha value is -2.02. The SMILES string of the molecule is CC(C)c1nsc(NC(C)c2nnc3ccccn23)n1. The van der Waals surface area contributed by atoms with E-state index in [1.807, 2.05) is 35.7 Å². The summed E-state index contributed by atoms with van der Waals surface area (Å²) in [7, 11) is 0. The molecule has 20 heavy (non-hydrogen) atoms. The Morgan fingerprint density at radius 2 is 2.05 bits per heavy atom. The Labute approximate surface area is 121 Å². The molecule has 3 aromatic heterocycles. The van der Waals surface area contributed by atoms with E-state index >= 15 is 0 Å². The summed E-state index contributed by atoms with van der Waals surface area (Å²) in [6, 6.07) is 5.87. The molecule has 0 aromatic carbocycles. The van der Waals surface area contributed by atoms with E-state index in [2.05, 4.69) is 38.7 Å². The second kappa shape index (κ2) is 5.16. The zero-order chi connectivity index (χ0) is 14.1. The minimum atomic E-state index is 0.0142. The third-order valence-electron chi connectivity index (χ3n) is 3.03. The number of rotatable bonds is 4. The van der Waals surface area contributed by atoms with E-state index in [1.165, 1.54) is 11.5 Å². The van der Waals surface area contributed by atoms with Gasteiger partial charge in [0, 0.05) is 23.6 Å². The van der Waals surface area contributed by atoms with Gasteiger partial charge in [0.2, 0.25) is 5.13 Å². The molecule has 0 aliphatic carbocycles. The van der Waals surface area contributed by atoms with E-state index < -0.39 is 0 Å². The van der Waals surface area contributed by atoms with Gasteiger partial charge in [-0.2, -0.15) is 4.37 Å². The quantitative estimate of drug-likeness (QED) is 0.799. The first-order valence-electron chi connectivity index (χ1n) is 6.55. The van der Waals surface area contributed by atoms with Gasteiger partial charge in [-0.1, -0.05) is 19.9 Å². The minimum absolute atomic E-state index is 0.0142. The van der Waals surface area contributed by atoms with E-state index in [4.69, 9.17) is 0 Å². The van der Waals surface area contributed by atoms with Gasteiger partial charge in [-0.3, -0.25) is 4.40 Å². The molecular formula is C13H16N6S. The van der Waals surface area contributed by atoms with Crippen molar-refractivity contribution in [3.63, 3.8) is 0 Å². The summed E-state index contributed by atoms with van der Waals surface area (Å²) in [5, 5.41) is 12.5. The van der Waals surface area contributed by atoms with Crippen molar-refractivity contribution in [2.24, 2.45) is 0 Å². The lowest BCUT2D eigenvalue weighted by Gasteiger charge is -2.10. The van der Waals surface area contributed by atoms with E-state index in [0.29, 0.717) is 5.92 Å². The van der Waals surface area contributed by atoms with Crippen LogP contribution in [0.3, 0.4) is 0 Å². The molecule has 7 heteroatoms. The highest BCUT2D eigenvalue weighted by molar-refractivity contribution is 7.09. The summed E-state index contributed by atoms with van der Waals surface area (Å²) in [5.41, 5.74) is 0.844. The second-order valence-electron chi connectivity index (χ2n) is 4.97. The lowest BCUT2D eigenvalue weighted by molar-refractivity contribution is 0.764. The second-order valence-corrected chi connectivity index (χ2v) is 5.72. The Morgan fingerprint density at radius 1 is 1.20 bits per heavy atom. The third-order valence-corrected chi connectivity index (χ3v) is 3.69. The van der Waals surface area contributed by atoms with Crippen molar-refractivity contribution in [2.45, 2.75) is 32.7 Å². The van der Waals surface area contributed by atoms with E-state index in [0.717, 1.165) is 22.4 Å². The summed E-state index contributed by atoms with van der Waals surface area (Å²) in [6.07, 6.45) is 1.96. The van der Waals surface area contributed by atoms with Crippen LogP contribution in [0.2, 0.25) is 0 Å². The highest BCUT2D eigenvalue weighted by Gasteiger charge is 2.15. The summed E-state index contributed by atoms with van der Waals surface area (Å²) in [5.74, 6) is 2.07. The maximum Gasteiger partial charge on any atom is 0.203 e. The van der Waals surface area contributed by atoms with Crippen LogP contribution < -0.4 is 5.32 Å².